The second-order valence-corrected chi connectivity index (χ2v) is 9.87. The summed E-state index contributed by atoms with van der Waals surface area (Å²) in [7, 11) is 1.28. The molecule has 43 heavy (non-hydrogen) atoms. The molecule has 1 aromatic carbocycles. The van der Waals surface area contributed by atoms with Gasteiger partial charge in [0.2, 0.25) is 5.91 Å². The predicted octanol–water partition coefficient (Wildman–Crippen LogP) is 8.72. The van der Waals surface area contributed by atoms with Gasteiger partial charge in [-0.3, -0.25) is 9.79 Å². The molecule has 244 valence electrons. The number of hydrogen-bond acceptors (Lipinski definition) is 3. The Morgan fingerprint density at radius 1 is 1.00 bits per heavy atom. The van der Waals surface area contributed by atoms with Crippen LogP contribution in [0.3, 0.4) is 0 Å². The molecule has 5 nitrogen and oxygen atoms in total. The summed E-state index contributed by atoms with van der Waals surface area (Å²) in [5, 5.41) is 2.62. The van der Waals surface area contributed by atoms with E-state index in [-0.39, 0.29) is 23.4 Å². The average Bonchev–Trinajstić information content (AvgIpc) is 2.90. The quantitative estimate of drug-likeness (QED) is 0.0805. The molecule has 1 rings (SSSR count). The first-order chi connectivity index (χ1) is 19.8. The molecule has 0 aliphatic heterocycles. The Morgan fingerprint density at radius 2 is 1.49 bits per heavy atom. The minimum atomic E-state index is -4.86. The van der Waals surface area contributed by atoms with Crippen molar-refractivity contribution in [2.24, 2.45) is 22.4 Å². The molecule has 0 aliphatic carbocycles. The van der Waals surface area contributed by atoms with Crippen molar-refractivity contribution < 1.29 is 31.1 Å². The van der Waals surface area contributed by atoms with Crippen LogP contribution < -0.4 is 16.8 Å². The Labute approximate surface area is 252 Å². The molecule has 1 unspecified atom stereocenters. The van der Waals surface area contributed by atoms with Crippen LogP contribution in [0.4, 0.5) is 26.3 Å². The molecule has 0 fully saturated rings. The first-order valence-corrected chi connectivity index (χ1v) is 14.1. The lowest BCUT2D eigenvalue weighted by atomic mass is 9.95. The minimum absolute atomic E-state index is 0.0240. The highest BCUT2D eigenvalue weighted by Crippen LogP contribution is 2.36. The number of halogens is 6. The van der Waals surface area contributed by atoms with E-state index in [2.05, 4.69) is 63.7 Å². The summed E-state index contributed by atoms with van der Waals surface area (Å²) in [4.78, 5) is 15.3. The monoisotopic (exact) mass is 618 g/mol. The maximum absolute atomic E-state index is 12.7. The van der Waals surface area contributed by atoms with Crippen molar-refractivity contribution in [3.8, 4) is 0 Å². The number of amides is 1. The molecule has 0 saturated carbocycles. The number of amidine groups is 1. The lowest BCUT2D eigenvalue weighted by molar-refractivity contribution is -0.143. The first kappa shape index (κ1) is 41.6. The van der Waals surface area contributed by atoms with Gasteiger partial charge in [0.15, 0.2) is 0 Å². The zero-order chi connectivity index (χ0) is 34.0. The molecule has 0 radical (unpaired) electrons. The third-order valence-electron chi connectivity index (χ3n) is 5.71. The van der Waals surface area contributed by atoms with E-state index in [1.807, 2.05) is 6.08 Å². The van der Waals surface area contributed by atoms with Crippen molar-refractivity contribution in [3.63, 3.8) is 0 Å². The van der Waals surface area contributed by atoms with Crippen LogP contribution in [0, 0.1) is 5.92 Å². The number of unbranched alkanes of at least 4 members (excludes halogenated alkanes) is 1. The van der Waals surface area contributed by atoms with Crippen LogP contribution in [0.5, 0.6) is 0 Å². The van der Waals surface area contributed by atoms with E-state index in [1.165, 1.54) is 12.6 Å². The van der Waals surface area contributed by atoms with Crippen molar-refractivity contribution in [1.29, 1.82) is 0 Å². The van der Waals surface area contributed by atoms with Crippen LogP contribution in [0.15, 0.2) is 70.4 Å². The Morgan fingerprint density at radius 3 is 1.81 bits per heavy atom. The largest absolute Gasteiger partial charge is 0.416 e. The number of alkyl halides is 6. The van der Waals surface area contributed by atoms with Gasteiger partial charge in [-0.2, -0.15) is 26.3 Å². The predicted molar refractivity (Wildman–Crippen MR) is 165 cm³/mol. The van der Waals surface area contributed by atoms with Gasteiger partial charge in [0, 0.05) is 24.7 Å². The van der Waals surface area contributed by atoms with Crippen molar-refractivity contribution in [2.75, 3.05) is 13.6 Å². The number of benzene rings is 1. The fourth-order valence-corrected chi connectivity index (χ4v) is 3.23. The zero-order valence-corrected chi connectivity index (χ0v) is 26.6. The van der Waals surface area contributed by atoms with Crippen molar-refractivity contribution in [1.82, 2.24) is 5.32 Å². The smallest absolute Gasteiger partial charge is 0.403 e. The van der Waals surface area contributed by atoms with Gasteiger partial charge in [-0.05, 0) is 69.0 Å². The minimum Gasteiger partial charge on any atom is -0.403 e. The van der Waals surface area contributed by atoms with E-state index < -0.39 is 23.5 Å². The molecule has 0 aromatic heterocycles. The van der Waals surface area contributed by atoms with Gasteiger partial charge in [0.25, 0.3) is 0 Å². The van der Waals surface area contributed by atoms with E-state index in [9.17, 15) is 31.1 Å². The van der Waals surface area contributed by atoms with Gasteiger partial charge in [-0.15, -0.1) is 0 Å². The van der Waals surface area contributed by atoms with Crippen molar-refractivity contribution >= 4 is 11.7 Å². The molecule has 11 heteroatoms. The standard InChI is InChI=1S/C17H29NO.C12H12F6N2.C3H7N/c1-6-9-10-16(17(18)19)15(11-13(4)7-2)12-14(5)8-3;1-3-20-10(19-2)7-4-8(11(13,14)15)6-9(5-7)12(16,17)18;1-3(2)4/h10-13H,6-9H2,1-5H3,(H2,18,19);4-6H,3H2,1-2H3,(H,19,20);1,4H2,2H3/b14-12+,15-11+,16-10+;;. The van der Waals surface area contributed by atoms with Crippen LogP contribution in [-0.4, -0.2) is 25.3 Å². The summed E-state index contributed by atoms with van der Waals surface area (Å²) in [6, 6.07) is 1.36. The number of hydrogen-bond donors (Lipinski definition) is 3. The number of nitrogens with one attached hydrogen (secondary N) is 1. The molecule has 1 aromatic rings. The molecule has 0 heterocycles. The maximum Gasteiger partial charge on any atom is 0.416 e. The molecule has 1 atom stereocenters. The fraction of sp³-hybridized carbons (Fsp3) is 0.500. The number of carbonyl (C=O) groups excluding carboxylic acids is 1. The topological polar surface area (TPSA) is 93.5 Å². The molecule has 1 amide bonds. The summed E-state index contributed by atoms with van der Waals surface area (Å²) < 4.78 is 76.0. The van der Waals surface area contributed by atoms with Gasteiger partial charge in [-0.25, -0.2) is 0 Å². The number of carbonyl (C=O) groups is 1. The highest BCUT2D eigenvalue weighted by Gasteiger charge is 2.37. The Hall–Kier alpha value is -3.50. The van der Waals surface area contributed by atoms with Gasteiger partial charge in [0.05, 0.1) is 11.1 Å². The second-order valence-electron chi connectivity index (χ2n) is 9.87. The van der Waals surface area contributed by atoms with Gasteiger partial charge in [-0.1, -0.05) is 70.9 Å². The number of nitrogens with zero attached hydrogens (tertiary/aromatic N) is 1. The summed E-state index contributed by atoms with van der Waals surface area (Å²) in [5.41, 5.74) is 11.1. The number of primary amides is 1. The van der Waals surface area contributed by atoms with Crippen LogP contribution in [-0.2, 0) is 17.1 Å². The van der Waals surface area contributed by atoms with Crippen molar-refractivity contribution in [2.45, 2.75) is 86.5 Å². The second kappa shape index (κ2) is 20.4. The van der Waals surface area contributed by atoms with Crippen molar-refractivity contribution in [3.05, 3.63) is 82.1 Å². The Kier molecular flexibility index (Phi) is 19.8. The molecule has 5 N–H and O–H groups in total. The first-order valence-electron chi connectivity index (χ1n) is 14.1. The third kappa shape index (κ3) is 17.9. The number of allylic oxidation sites excluding steroid dienone is 5. The summed E-state index contributed by atoms with van der Waals surface area (Å²) in [6.07, 6.45) is 0.445. The number of nitrogens with two attached hydrogens (primary N) is 2. The Balaban J connectivity index is 0. The molecule has 0 saturated heterocycles. The number of aliphatic imine (C=N–C) groups is 1. The van der Waals surface area contributed by atoms with Crippen LogP contribution >= 0.6 is 0 Å². The van der Waals surface area contributed by atoms with E-state index in [4.69, 9.17) is 11.5 Å². The SMILES string of the molecule is C=C(C)N.CCC\C=C(C(N)=O)/C(/C=C(\C)CC)=C/C(C)CC.CCNC(=NC)c1cc(C(F)(F)F)cc(C(F)(F)F)c1. The normalized spacial score (nSPS) is 13.7. The summed E-state index contributed by atoms with van der Waals surface area (Å²) in [5.74, 6) is 0.0903. The molecule has 0 spiro atoms. The molecular weight excluding hydrogens is 570 g/mol. The zero-order valence-electron chi connectivity index (χ0n) is 26.6. The molecule has 0 aliphatic rings. The number of rotatable bonds is 10. The van der Waals surface area contributed by atoms with Crippen LogP contribution in [0.2, 0.25) is 0 Å². The molecule has 0 bridgehead atoms. The Bertz CT molecular complexity index is 1110. The summed E-state index contributed by atoms with van der Waals surface area (Å²) >= 11 is 0. The van der Waals surface area contributed by atoms with E-state index >= 15 is 0 Å². The highest BCUT2D eigenvalue weighted by atomic mass is 19.4. The lowest BCUT2D eigenvalue weighted by Crippen LogP contribution is -2.25. The maximum atomic E-state index is 12.7. The van der Waals surface area contributed by atoms with E-state index in [0.717, 1.165) is 31.3 Å². The third-order valence-corrected chi connectivity index (χ3v) is 5.71. The lowest BCUT2D eigenvalue weighted by Gasteiger charge is -2.15. The van der Waals surface area contributed by atoms with Gasteiger partial charge in [0.1, 0.15) is 5.84 Å². The van der Waals surface area contributed by atoms with E-state index in [0.29, 0.717) is 35.9 Å². The van der Waals surface area contributed by atoms with Crippen LogP contribution in [0.1, 0.15) is 90.8 Å². The average molecular weight is 619 g/mol. The highest BCUT2D eigenvalue weighted by molar-refractivity contribution is 5.99. The van der Waals surface area contributed by atoms with Gasteiger partial charge >= 0.3 is 12.4 Å². The molecular formula is C32H48F6N4O. The summed E-state index contributed by atoms with van der Waals surface area (Å²) in [6.45, 7) is 17.7. The van der Waals surface area contributed by atoms with E-state index in [1.54, 1.807) is 13.8 Å². The van der Waals surface area contributed by atoms with Crippen LogP contribution in [0.25, 0.3) is 0 Å². The van der Waals surface area contributed by atoms with Gasteiger partial charge < -0.3 is 16.8 Å². The fourth-order valence-electron chi connectivity index (χ4n) is 3.23.